The summed E-state index contributed by atoms with van der Waals surface area (Å²) >= 11 is 0. The normalized spacial score (nSPS) is 22.3. The van der Waals surface area contributed by atoms with Crippen LogP contribution in [0, 0.1) is 18.8 Å². The van der Waals surface area contributed by atoms with Crippen LogP contribution in [0.4, 0.5) is 0 Å². The topological polar surface area (TPSA) is 88.4 Å². The minimum absolute atomic E-state index is 0.143. The second kappa shape index (κ2) is 6.80. The van der Waals surface area contributed by atoms with Crippen molar-refractivity contribution in [2.45, 2.75) is 46.3 Å². The lowest BCUT2D eigenvalue weighted by Crippen LogP contribution is -2.22. The van der Waals surface area contributed by atoms with Gasteiger partial charge in [0.05, 0.1) is 18.3 Å². The van der Waals surface area contributed by atoms with Crippen molar-refractivity contribution in [1.29, 1.82) is 0 Å². The summed E-state index contributed by atoms with van der Waals surface area (Å²) in [6.07, 6.45) is 1.12. The van der Waals surface area contributed by atoms with Gasteiger partial charge in [-0.2, -0.15) is 4.98 Å². The first kappa shape index (κ1) is 16.1. The Bertz CT molecular complexity index is 637. The zero-order valence-corrected chi connectivity index (χ0v) is 13.9. The van der Waals surface area contributed by atoms with Crippen molar-refractivity contribution in [1.82, 2.24) is 20.2 Å². The molecule has 7 nitrogen and oxygen atoms in total. The Labute approximate surface area is 135 Å². The van der Waals surface area contributed by atoms with E-state index >= 15 is 0 Å². The molecule has 23 heavy (non-hydrogen) atoms. The third kappa shape index (κ3) is 4.17. The largest absolute Gasteiger partial charge is 0.391 e. The highest BCUT2D eigenvalue weighted by Gasteiger charge is 2.32. The first-order valence-electron chi connectivity index (χ1n) is 8.13. The summed E-state index contributed by atoms with van der Waals surface area (Å²) in [7, 11) is 0. The fraction of sp³-hybridized carbons (Fsp3) is 0.688. The lowest BCUT2D eigenvalue weighted by atomic mass is 10.0. The molecule has 126 valence electrons. The Morgan fingerprint density at radius 3 is 2.83 bits per heavy atom. The van der Waals surface area contributed by atoms with Gasteiger partial charge in [0, 0.05) is 37.9 Å². The molecule has 0 aromatic carbocycles. The van der Waals surface area contributed by atoms with Crippen LogP contribution in [-0.2, 0) is 19.4 Å². The van der Waals surface area contributed by atoms with Gasteiger partial charge >= 0.3 is 0 Å². The lowest BCUT2D eigenvalue weighted by Gasteiger charge is -2.12. The summed E-state index contributed by atoms with van der Waals surface area (Å²) in [5.74, 6) is 2.83. The summed E-state index contributed by atoms with van der Waals surface area (Å²) in [5.41, 5.74) is 0.869. The van der Waals surface area contributed by atoms with Gasteiger partial charge in [0.1, 0.15) is 5.76 Å². The molecule has 3 heterocycles. The monoisotopic (exact) mass is 320 g/mol. The summed E-state index contributed by atoms with van der Waals surface area (Å²) in [5, 5.41) is 18.2. The Kier molecular flexibility index (Phi) is 4.77. The number of aliphatic hydroxyl groups excluding tert-OH is 1. The maximum atomic E-state index is 10.3. The van der Waals surface area contributed by atoms with Gasteiger partial charge in [-0.05, 0) is 12.8 Å². The Morgan fingerprint density at radius 2 is 2.13 bits per heavy atom. The fourth-order valence-electron chi connectivity index (χ4n) is 3.03. The molecule has 1 saturated heterocycles. The van der Waals surface area contributed by atoms with E-state index in [1.54, 1.807) is 0 Å². The molecule has 7 heteroatoms. The van der Waals surface area contributed by atoms with Crippen LogP contribution in [0.15, 0.2) is 15.1 Å². The van der Waals surface area contributed by atoms with Gasteiger partial charge in [-0.15, -0.1) is 0 Å². The van der Waals surface area contributed by atoms with Crippen molar-refractivity contribution in [3.05, 3.63) is 29.2 Å². The highest BCUT2D eigenvalue weighted by molar-refractivity contribution is 5.05. The molecule has 1 N–H and O–H groups in total. The van der Waals surface area contributed by atoms with Crippen molar-refractivity contribution >= 4 is 0 Å². The van der Waals surface area contributed by atoms with Crippen LogP contribution in [0.5, 0.6) is 0 Å². The van der Waals surface area contributed by atoms with E-state index in [1.165, 1.54) is 0 Å². The van der Waals surface area contributed by atoms with Gasteiger partial charge in [0.25, 0.3) is 0 Å². The Balaban J connectivity index is 1.54. The van der Waals surface area contributed by atoms with Crippen LogP contribution < -0.4 is 0 Å². The number of β-amino-alcohol motifs (C(OH)–C–C–N with tert-alkyl or cyclic N) is 1. The van der Waals surface area contributed by atoms with Crippen LogP contribution >= 0.6 is 0 Å². The predicted molar refractivity (Wildman–Crippen MR) is 82.6 cm³/mol. The standard InChI is InChI=1S/C16H24N4O3/c1-10(2)4-16-17-15(19-23-16)9-20-7-12(14(21)8-20)6-13-5-11(3)18-22-13/h5,10,12,14,21H,4,6-9H2,1-3H3/t12-,14-/m1/s1. The fourth-order valence-corrected chi connectivity index (χ4v) is 3.03. The average Bonchev–Trinajstić information content (AvgIpc) is 3.14. The lowest BCUT2D eigenvalue weighted by molar-refractivity contribution is 0.137. The molecule has 3 rings (SSSR count). The number of likely N-dealkylation sites (tertiary alicyclic amines) is 1. The highest BCUT2D eigenvalue weighted by Crippen LogP contribution is 2.23. The van der Waals surface area contributed by atoms with E-state index in [2.05, 4.69) is 34.0 Å². The second-order valence-corrected chi connectivity index (χ2v) is 6.86. The Morgan fingerprint density at radius 1 is 1.30 bits per heavy atom. The number of hydrogen-bond donors (Lipinski definition) is 1. The second-order valence-electron chi connectivity index (χ2n) is 6.86. The third-order valence-electron chi connectivity index (χ3n) is 4.08. The molecule has 1 aliphatic rings. The van der Waals surface area contributed by atoms with Crippen LogP contribution in [0.1, 0.15) is 37.0 Å². The smallest absolute Gasteiger partial charge is 0.226 e. The van der Waals surface area contributed by atoms with Gasteiger partial charge in [-0.3, -0.25) is 4.90 Å². The van der Waals surface area contributed by atoms with E-state index in [-0.39, 0.29) is 12.0 Å². The molecule has 0 spiro atoms. The molecule has 0 bridgehead atoms. The van der Waals surface area contributed by atoms with Crippen LogP contribution in [-0.4, -0.2) is 44.5 Å². The summed E-state index contributed by atoms with van der Waals surface area (Å²) in [4.78, 5) is 6.58. The molecule has 1 fully saturated rings. The minimum atomic E-state index is -0.373. The Hall–Kier alpha value is -1.73. The minimum Gasteiger partial charge on any atom is -0.391 e. The highest BCUT2D eigenvalue weighted by atomic mass is 16.5. The van der Waals surface area contributed by atoms with Gasteiger partial charge in [-0.25, -0.2) is 0 Å². The molecule has 2 atom stereocenters. The number of aliphatic hydroxyl groups is 1. The third-order valence-corrected chi connectivity index (χ3v) is 4.08. The summed E-state index contributed by atoms with van der Waals surface area (Å²) in [6.45, 7) is 8.15. The average molecular weight is 320 g/mol. The first-order chi connectivity index (χ1) is 11.0. The number of rotatable bonds is 6. The number of aromatic nitrogens is 3. The molecular weight excluding hydrogens is 296 g/mol. The molecule has 2 aromatic heterocycles. The van der Waals surface area contributed by atoms with Gasteiger partial charge < -0.3 is 14.2 Å². The van der Waals surface area contributed by atoms with E-state index in [0.717, 1.165) is 24.4 Å². The molecule has 0 amide bonds. The van der Waals surface area contributed by atoms with E-state index in [4.69, 9.17) is 9.05 Å². The molecule has 1 aliphatic heterocycles. The van der Waals surface area contributed by atoms with E-state index in [9.17, 15) is 5.11 Å². The van der Waals surface area contributed by atoms with Crippen molar-refractivity contribution in [2.75, 3.05) is 13.1 Å². The van der Waals surface area contributed by atoms with E-state index in [1.807, 2.05) is 13.0 Å². The van der Waals surface area contributed by atoms with Crippen molar-refractivity contribution < 1.29 is 14.2 Å². The molecule has 2 aromatic rings. The molecule has 0 radical (unpaired) electrons. The zero-order chi connectivity index (χ0) is 16.4. The van der Waals surface area contributed by atoms with Crippen LogP contribution in [0.2, 0.25) is 0 Å². The summed E-state index contributed by atoms with van der Waals surface area (Å²) < 4.78 is 10.5. The van der Waals surface area contributed by atoms with Crippen molar-refractivity contribution in [3.63, 3.8) is 0 Å². The maximum Gasteiger partial charge on any atom is 0.226 e. The van der Waals surface area contributed by atoms with Crippen LogP contribution in [0.3, 0.4) is 0 Å². The predicted octanol–water partition coefficient (Wildman–Crippen LogP) is 1.60. The van der Waals surface area contributed by atoms with Crippen molar-refractivity contribution in [3.8, 4) is 0 Å². The number of aryl methyl sites for hydroxylation is 1. The number of hydrogen-bond acceptors (Lipinski definition) is 7. The zero-order valence-electron chi connectivity index (χ0n) is 13.9. The van der Waals surface area contributed by atoms with Gasteiger partial charge in [-0.1, -0.05) is 24.2 Å². The van der Waals surface area contributed by atoms with Crippen molar-refractivity contribution in [2.24, 2.45) is 11.8 Å². The first-order valence-corrected chi connectivity index (χ1v) is 8.13. The molecule has 0 saturated carbocycles. The van der Waals surface area contributed by atoms with Gasteiger partial charge in [0.2, 0.25) is 5.89 Å². The molecule has 0 unspecified atom stereocenters. The van der Waals surface area contributed by atoms with E-state index < -0.39 is 0 Å². The van der Waals surface area contributed by atoms with E-state index in [0.29, 0.717) is 37.1 Å². The SMILES string of the molecule is Cc1cc(C[C@@H]2CN(Cc3noc(CC(C)C)n3)C[C@H]2O)on1. The quantitative estimate of drug-likeness (QED) is 0.864. The maximum absolute atomic E-state index is 10.3. The molecular formula is C16H24N4O3. The molecule has 0 aliphatic carbocycles. The summed E-state index contributed by atoms with van der Waals surface area (Å²) in [6, 6.07) is 1.92. The van der Waals surface area contributed by atoms with Crippen LogP contribution in [0.25, 0.3) is 0 Å². The van der Waals surface area contributed by atoms with Gasteiger partial charge in [0.15, 0.2) is 5.82 Å². The number of nitrogens with zero attached hydrogens (tertiary/aromatic N) is 4.